The number of urea groups is 1. The number of rotatable bonds is 3. The minimum atomic E-state index is -0.297. The molecule has 2 amide bonds. The summed E-state index contributed by atoms with van der Waals surface area (Å²) in [4.78, 5) is 14.5. The summed E-state index contributed by atoms with van der Waals surface area (Å²) < 4.78 is 18.8. The summed E-state index contributed by atoms with van der Waals surface area (Å²) in [6.07, 6.45) is 2.67. The molecule has 1 unspecified atom stereocenters. The number of fused-ring (bicyclic) bond motifs is 1. The van der Waals surface area contributed by atoms with Crippen LogP contribution in [0.2, 0.25) is 0 Å². The molecule has 2 aliphatic rings. The summed E-state index contributed by atoms with van der Waals surface area (Å²) in [5.74, 6) is -0.297. The number of nitrogens with one attached hydrogen (secondary N) is 2. The van der Waals surface area contributed by atoms with Crippen molar-refractivity contribution in [3.63, 3.8) is 0 Å². The summed E-state index contributed by atoms with van der Waals surface area (Å²) in [6, 6.07) is 6.10. The number of nitrogens with zero attached hydrogens (tertiary/aromatic N) is 2. The zero-order chi connectivity index (χ0) is 17.2. The predicted octanol–water partition coefficient (Wildman–Crippen LogP) is 2.67. The highest BCUT2D eigenvalue weighted by molar-refractivity contribution is 5.75. The first-order valence-electron chi connectivity index (χ1n) is 8.65. The molecule has 0 spiro atoms. The maximum Gasteiger partial charge on any atom is 0.318 e. The van der Waals surface area contributed by atoms with E-state index in [9.17, 15) is 9.18 Å². The Morgan fingerprint density at radius 2 is 2.40 bits per heavy atom. The first kappa shape index (κ1) is 16.1. The molecular weight excluding hydrogens is 323 g/mol. The Kier molecular flexibility index (Phi) is 4.40. The van der Waals surface area contributed by atoms with Gasteiger partial charge in [-0.05, 0) is 30.5 Å². The van der Waals surface area contributed by atoms with Gasteiger partial charge in [0.25, 0.3) is 0 Å². The fraction of sp³-hybridized carbons (Fsp3) is 0.444. The Morgan fingerprint density at radius 3 is 3.28 bits per heavy atom. The summed E-state index contributed by atoms with van der Waals surface area (Å²) >= 11 is 0. The highest BCUT2D eigenvalue weighted by Gasteiger charge is 2.34. The van der Waals surface area contributed by atoms with Gasteiger partial charge in [-0.1, -0.05) is 12.1 Å². The fourth-order valence-corrected chi connectivity index (χ4v) is 3.63. The van der Waals surface area contributed by atoms with E-state index in [2.05, 4.69) is 15.5 Å². The average Bonchev–Trinajstić information content (AvgIpc) is 3.26. The summed E-state index contributed by atoms with van der Waals surface area (Å²) in [5, 5.41) is 10.5. The molecule has 1 atom stereocenters. The quantitative estimate of drug-likeness (QED) is 0.899. The normalized spacial score (nSPS) is 19.7. The molecule has 7 heteroatoms. The second kappa shape index (κ2) is 6.84. The van der Waals surface area contributed by atoms with Gasteiger partial charge in [0.15, 0.2) is 0 Å². The molecule has 4 rings (SSSR count). The van der Waals surface area contributed by atoms with Crippen LogP contribution in [-0.2, 0) is 24.3 Å². The van der Waals surface area contributed by atoms with E-state index in [0.717, 1.165) is 41.8 Å². The van der Waals surface area contributed by atoms with Gasteiger partial charge in [0.2, 0.25) is 0 Å². The number of hydrogen-bond donors (Lipinski definition) is 2. The van der Waals surface area contributed by atoms with Crippen LogP contribution in [0.5, 0.6) is 0 Å². The van der Waals surface area contributed by atoms with Gasteiger partial charge in [-0.3, -0.25) is 5.10 Å². The van der Waals surface area contributed by atoms with Crippen molar-refractivity contribution in [3.8, 4) is 0 Å². The number of carbonyl (C=O) groups is 1. The van der Waals surface area contributed by atoms with E-state index < -0.39 is 0 Å². The van der Waals surface area contributed by atoms with Crippen LogP contribution < -0.4 is 5.32 Å². The van der Waals surface area contributed by atoms with Crippen LogP contribution in [0.1, 0.15) is 41.4 Å². The molecule has 1 fully saturated rings. The number of amides is 2. The lowest BCUT2D eigenvalue weighted by molar-refractivity contribution is 0.108. The van der Waals surface area contributed by atoms with Gasteiger partial charge in [0.1, 0.15) is 5.82 Å². The minimum Gasteiger partial charge on any atom is -0.376 e. The van der Waals surface area contributed by atoms with E-state index in [4.69, 9.17) is 4.74 Å². The summed E-state index contributed by atoms with van der Waals surface area (Å²) in [7, 11) is 0. The van der Waals surface area contributed by atoms with Crippen molar-refractivity contribution in [1.29, 1.82) is 0 Å². The largest absolute Gasteiger partial charge is 0.376 e. The fourth-order valence-electron chi connectivity index (χ4n) is 3.63. The molecule has 1 aromatic carbocycles. The number of likely N-dealkylation sites (tertiary alicyclic amines) is 1. The maximum atomic E-state index is 13.3. The first-order valence-corrected chi connectivity index (χ1v) is 8.65. The highest BCUT2D eigenvalue weighted by atomic mass is 19.1. The molecule has 1 aromatic heterocycles. The molecule has 0 aliphatic carbocycles. The van der Waals surface area contributed by atoms with Crippen LogP contribution in [-0.4, -0.2) is 34.3 Å². The van der Waals surface area contributed by atoms with Crippen molar-refractivity contribution >= 4 is 6.03 Å². The van der Waals surface area contributed by atoms with Crippen molar-refractivity contribution in [2.24, 2.45) is 0 Å². The van der Waals surface area contributed by atoms with E-state index in [-0.39, 0.29) is 17.9 Å². The van der Waals surface area contributed by atoms with Crippen molar-refractivity contribution in [3.05, 3.63) is 52.6 Å². The van der Waals surface area contributed by atoms with Crippen molar-refractivity contribution < 1.29 is 13.9 Å². The van der Waals surface area contributed by atoms with Gasteiger partial charge < -0.3 is 15.0 Å². The number of hydrogen-bond acceptors (Lipinski definition) is 3. The Hall–Kier alpha value is -2.41. The van der Waals surface area contributed by atoms with Crippen molar-refractivity contribution in [2.45, 2.75) is 38.5 Å². The lowest BCUT2D eigenvalue weighted by Gasteiger charge is -2.25. The molecule has 3 heterocycles. The van der Waals surface area contributed by atoms with Crippen LogP contribution in [0.3, 0.4) is 0 Å². The predicted molar refractivity (Wildman–Crippen MR) is 89.3 cm³/mol. The minimum absolute atomic E-state index is 0.0331. The highest BCUT2D eigenvalue weighted by Crippen LogP contribution is 2.34. The van der Waals surface area contributed by atoms with Crippen LogP contribution in [0.15, 0.2) is 24.3 Å². The molecule has 2 N–H and O–H groups in total. The van der Waals surface area contributed by atoms with Crippen molar-refractivity contribution in [2.75, 3.05) is 13.2 Å². The molecule has 2 aliphatic heterocycles. The lowest BCUT2D eigenvalue weighted by atomic mass is 10.0. The van der Waals surface area contributed by atoms with E-state index in [0.29, 0.717) is 26.3 Å². The lowest BCUT2D eigenvalue weighted by Crippen LogP contribution is -2.39. The number of ether oxygens (including phenoxy) is 1. The smallest absolute Gasteiger partial charge is 0.318 e. The van der Waals surface area contributed by atoms with Crippen LogP contribution in [0.4, 0.5) is 9.18 Å². The Balaban J connectivity index is 1.46. The van der Waals surface area contributed by atoms with Gasteiger partial charge in [-0.2, -0.15) is 5.10 Å². The van der Waals surface area contributed by atoms with E-state index >= 15 is 0 Å². The molecular formula is C18H21FN4O2. The van der Waals surface area contributed by atoms with E-state index in [1.807, 2.05) is 4.90 Å². The molecule has 0 radical (unpaired) electrons. The molecule has 6 nitrogen and oxygen atoms in total. The molecule has 25 heavy (non-hydrogen) atoms. The number of carbonyl (C=O) groups excluding carboxylic acids is 1. The van der Waals surface area contributed by atoms with Gasteiger partial charge in [-0.15, -0.1) is 0 Å². The third-order valence-electron chi connectivity index (χ3n) is 4.89. The Bertz CT molecular complexity index is 776. The van der Waals surface area contributed by atoms with E-state index in [1.165, 1.54) is 12.1 Å². The second-order valence-electron chi connectivity index (χ2n) is 6.51. The zero-order valence-electron chi connectivity index (χ0n) is 13.9. The summed E-state index contributed by atoms with van der Waals surface area (Å²) in [6.45, 7) is 2.26. The van der Waals surface area contributed by atoms with Crippen LogP contribution >= 0.6 is 0 Å². The monoisotopic (exact) mass is 344 g/mol. The van der Waals surface area contributed by atoms with Gasteiger partial charge in [0.05, 0.1) is 24.9 Å². The Labute approximate surface area is 145 Å². The van der Waals surface area contributed by atoms with Crippen LogP contribution in [0, 0.1) is 5.82 Å². The Morgan fingerprint density at radius 1 is 1.48 bits per heavy atom. The molecule has 2 aromatic rings. The molecule has 0 saturated carbocycles. The van der Waals surface area contributed by atoms with Gasteiger partial charge in [0, 0.05) is 30.8 Å². The topological polar surface area (TPSA) is 70.2 Å². The number of H-pyrrole nitrogens is 1. The average molecular weight is 344 g/mol. The number of aromatic amines is 1. The number of aromatic nitrogens is 2. The second-order valence-corrected chi connectivity index (χ2v) is 6.51. The van der Waals surface area contributed by atoms with Crippen molar-refractivity contribution in [1.82, 2.24) is 20.4 Å². The van der Waals surface area contributed by atoms with Gasteiger partial charge >= 0.3 is 6.03 Å². The molecule has 132 valence electrons. The van der Waals surface area contributed by atoms with Gasteiger partial charge in [-0.25, -0.2) is 9.18 Å². The number of benzene rings is 1. The van der Waals surface area contributed by atoms with E-state index in [1.54, 1.807) is 12.1 Å². The molecule has 0 bridgehead atoms. The zero-order valence-corrected chi connectivity index (χ0v) is 13.9. The number of halogens is 1. The SMILES string of the molecule is O=C(NCc1cccc(F)c1)N1CCCC1c1n[nH]c2c1COCC2. The third kappa shape index (κ3) is 3.24. The summed E-state index contributed by atoms with van der Waals surface area (Å²) in [5.41, 5.74) is 3.89. The first-order chi connectivity index (χ1) is 12.2. The van der Waals surface area contributed by atoms with Crippen LogP contribution in [0.25, 0.3) is 0 Å². The third-order valence-corrected chi connectivity index (χ3v) is 4.89. The standard InChI is InChI=1S/C18H21FN4O2/c19-13-4-1-3-12(9-13)10-20-18(24)23-7-2-5-16(23)17-14-11-25-8-6-15(14)21-22-17/h1,3-4,9,16H,2,5-8,10-11H2,(H,20,24)(H,21,22). The molecule has 1 saturated heterocycles. The maximum absolute atomic E-state index is 13.3.